The number of nitrogens with one attached hydrogen (secondary N) is 1. The van der Waals surface area contributed by atoms with Crippen molar-refractivity contribution in [2.45, 2.75) is 26.4 Å². The molecule has 0 spiro atoms. The third-order valence-corrected chi connectivity index (χ3v) is 4.92. The van der Waals surface area contributed by atoms with Gasteiger partial charge in [0.2, 0.25) is 5.91 Å². The summed E-state index contributed by atoms with van der Waals surface area (Å²) < 4.78 is 39.7. The lowest BCUT2D eigenvalue weighted by atomic mass is 10.2. The smallest absolute Gasteiger partial charge is 0.396 e. The maximum absolute atomic E-state index is 13.0. The number of nitrogens with zero attached hydrogens (tertiary/aromatic N) is 3. The number of oxime groups is 1. The Labute approximate surface area is 176 Å². The second-order valence-corrected chi connectivity index (χ2v) is 8.01. The topological polar surface area (TPSA) is 76.5 Å². The third kappa shape index (κ3) is 6.14. The van der Waals surface area contributed by atoms with Gasteiger partial charge in [-0.05, 0) is 35.8 Å². The molecule has 0 saturated carbocycles. The van der Waals surface area contributed by atoms with E-state index < -0.39 is 24.2 Å². The van der Waals surface area contributed by atoms with Crippen LogP contribution < -0.4 is 5.32 Å². The minimum Gasteiger partial charge on any atom is -0.396 e. The largest absolute Gasteiger partial charge is 0.434 e. The van der Waals surface area contributed by atoms with Gasteiger partial charge in [-0.25, -0.2) is 4.98 Å². The quantitative estimate of drug-likeness (QED) is 0.453. The van der Waals surface area contributed by atoms with Gasteiger partial charge in [0.05, 0.1) is 23.0 Å². The van der Waals surface area contributed by atoms with Gasteiger partial charge in [-0.15, -0.1) is 11.3 Å². The van der Waals surface area contributed by atoms with E-state index >= 15 is 0 Å². The van der Waals surface area contributed by atoms with E-state index in [0.717, 1.165) is 11.3 Å². The number of hydrogen-bond acceptors (Lipinski definition) is 6. The van der Waals surface area contributed by atoms with Crippen molar-refractivity contribution in [1.29, 1.82) is 0 Å². The molecule has 2 aromatic rings. The first-order chi connectivity index (χ1) is 13.1. The van der Waals surface area contributed by atoms with Crippen LogP contribution in [0.15, 0.2) is 21.9 Å². The Morgan fingerprint density at radius 3 is 2.79 bits per heavy atom. The third-order valence-electron chi connectivity index (χ3n) is 3.23. The molecule has 0 aliphatic heterocycles. The zero-order valence-electron chi connectivity index (χ0n) is 14.7. The van der Waals surface area contributed by atoms with E-state index in [1.165, 1.54) is 13.1 Å². The summed E-state index contributed by atoms with van der Waals surface area (Å²) in [6.07, 6.45) is -3.57. The molecule has 6 nitrogen and oxygen atoms in total. The molecule has 0 atom stereocenters. The molecule has 2 heterocycles. The number of aryl methyl sites for hydroxylation is 1. The lowest BCUT2D eigenvalue weighted by molar-refractivity contribution is -0.141. The van der Waals surface area contributed by atoms with Gasteiger partial charge in [0.25, 0.3) is 0 Å². The second-order valence-electron chi connectivity index (χ2n) is 5.40. The Bertz CT molecular complexity index is 889. The minimum atomic E-state index is -4.61. The van der Waals surface area contributed by atoms with Crippen molar-refractivity contribution >= 4 is 50.5 Å². The van der Waals surface area contributed by atoms with Crippen molar-refractivity contribution in [3.05, 3.63) is 43.0 Å². The first-order valence-electron chi connectivity index (χ1n) is 7.92. The number of carbonyl (C=O) groups is 1. The normalized spacial score (nSPS) is 12.2. The van der Waals surface area contributed by atoms with Crippen molar-refractivity contribution in [3.8, 4) is 0 Å². The highest BCUT2D eigenvalue weighted by molar-refractivity contribution is 9.10. The van der Waals surface area contributed by atoms with Crippen LogP contribution in [0.1, 0.15) is 28.2 Å². The van der Waals surface area contributed by atoms with E-state index in [9.17, 15) is 18.0 Å². The van der Waals surface area contributed by atoms with Crippen LogP contribution >= 0.6 is 38.9 Å². The number of pyridine rings is 1. The molecule has 0 bridgehead atoms. The summed E-state index contributed by atoms with van der Waals surface area (Å²) in [6.45, 7) is 3.34. The molecule has 28 heavy (non-hydrogen) atoms. The molecule has 2 rings (SSSR count). The van der Waals surface area contributed by atoms with E-state index in [1.807, 2.05) is 0 Å². The second kappa shape index (κ2) is 9.66. The van der Waals surface area contributed by atoms with E-state index in [2.05, 4.69) is 36.4 Å². The standard InChI is InChI=1S/C16H15BrClF3N4O2S/c1-3-27-25-11(14-10(18)4-9(17)6-23-14)7-22-13(26)5-12-15(16(19,20)21)24-8(2)28-12/h4,6H,3,5,7H2,1-2H3,(H,22,26). The molecule has 0 aliphatic carbocycles. The molecular weight excluding hydrogens is 485 g/mol. The first-order valence-corrected chi connectivity index (χ1v) is 9.91. The van der Waals surface area contributed by atoms with Gasteiger partial charge in [0, 0.05) is 15.5 Å². The number of alkyl halides is 3. The summed E-state index contributed by atoms with van der Waals surface area (Å²) in [5, 5.41) is 6.93. The molecule has 12 heteroatoms. The average molecular weight is 500 g/mol. The molecule has 0 aliphatic rings. The van der Waals surface area contributed by atoms with Crippen LogP contribution in [-0.4, -0.2) is 34.7 Å². The maximum Gasteiger partial charge on any atom is 0.434 e. The molecule has 152 valence electrons. The Morgan fingerprint density at radius 2 is 2.18 bits per heavy atom. The van der Waals surface area contributed by atoms with Crippen molar-refractivity contribution in [3.63, 3.8) is 0 Å². The Balaban J connectivity index is 2.12. The zero-order valence-corrected chi connectivity index (χ0v) is 17.9. The highest BCUT2D eigenvalue weighted by atomic mass is 79.9. The Hall–Kier alpha value is -1.72. The van der Waals surface area contributed by atoms with Crippen LogP contribution in [0, 0.1) is 6.92 Å². The molecule has 0 aromatic carbocycles. The lowest BCUT2D eigenvalue weighted by Gasteiger charge is -2.10. The number of amides is 1. The Morgan fingerprint density at radius 1 is 1.46 bits per heavy atom. The van der Waals surface area contributed by atoms with Crippen molar-refractivity contribution in [2.24, 2.45) is 5.16 Å². The van der Waals surface area contributed by atoms with Gasteiger partial charge in [-0.2, -0.15) is 13.2 Å². The van der Waals surface area contributed by atoms with Gasteiger partial charge >= 0.3 is 6.18 Å². The summed E-state index contributed by atoms with van der Waals surface area (Å²) in [4.78, 5) is 24.7. The predicted molar refractivity (Wildman–Crippen MR) is 104 cm³/mol. The Kier molecular flexibility index (Phi) is 7.79. The van der Waals surface area contributed by atoms with Crippen LogP contribution in [0.2, 0.25) is 5.02 Å². The van der Waals surface area contributed by atoms with Crippen molar-refractivity contribution in [2.75, 3.05) is 13.2 Å². The fraction of sp³-hybridized carbons (Fsp3) is 0.375. The summed E-state index contributed by atoms with van der Waals surface area (Å²) in [6, 6.07) is 1.60. The van der Waals surface area contributed by atoms with Crippen LogP contribution in [-0.2, 0) is 22.2 Å². The summed E-state index contributed by atoms with van der Waals surface area (Å²) in [5.74, 6) is -0.619. The number of aromatic nitrogens is 2. The SMILES string of the molecule is CCON=C(CNC(=O)Cc1sc(C)nc1C(F)(F)F)c1ncc(Br)cc1Cl. The van der Waals surface area contributed by atoms with Crippen LogP contribution in [0.25, 0.3) is 0 Å². The monoisotopic (exact) mass is 498 g/mol. The zero-order chi connectivity index (χ0) is 20.9. The van der Waals surface area contributed by atoms with Gasteiger partial charge < -0.3 is 10.2 Å². The van der Waals surface area contributed by atoms with Gasteiger partial charge in [0.1, 0.15) is 18.0 Å². The molecule has 2 aromatic heterocycles. The number of rotatable bonds is 7. The molecule has 0 unspecified atom stereocenters. The van der Waals surface area contributed by atoms with Crippen LogP contribution in [0.3, 0.4) is 0 Å². The predicted octanol–water partition coefficient (Wildman–Crippen LogP) is 4.38. The van der Waals surface area contributed by atoms with E-state index in [1.54, 1.807) is 13.0 Å². The lowest BCUT2D eigenvalue weighted by Crippen LogP contribution is -2.32. The maximum atomic E-state index is 13.0. The van der Waals surface area contributed by atoms with Gasteiger partial charge in [0.15, 0.2) is 5.69 Å². The molecule has 1 N–H and O–H groups in total. The first kappa shape index (κ1) is 22.6. The highest BCUT2D eigenvalue weighted by Gasteiger charge is 2.37. The number of halogens is 5. The molecule has 0 fully saturated rings. The van der Waals surface area contributed by atoms with Crippen LogP contribution in [0.4, 0.5) is 13.2 Å². The number of carbonyl (C=O) groups excluding carboxylic acids is 1. The number of hydrogen-bond donors (Lipinski definition) is 1. The average Bonchev–Trinajstić information content (AvgIpc) is 2.96. The summed E-state index contributed by atoms with van der Waals surface area (Å²) >= 11 is 10.2. The van der Waals surface area contributed by atoms with Crippen molar-refractivity contribution in [1.82, 2.24) is 15.3 Å². The summed E-state index contributed by atoms with van der Waals surface area (Å²) in [5.41, 5.74) is -0.501. The molecule has 0 radical (unpaired) electrons. The molecular formula is C16H15BrClF3N4O2S. The van der Waals surface area contributed by atoms with E-state index in [0.29, 0.717) is 10.2 Å². The highest BCUT2D eigenvalue weighted by Crippen LogP contribution is 2.34. The van der Waals surface area contributed by atoms with Crippen LogP contribution in [0.5, 0.6) is 0 Å². The molecule has 0 saturated heterocycles. The fourth-order valence-corrected chi connectivity index (χ4v) is 3.82. The van der Waals surface area contributed by atoms with E-state index in [4.69, 9.17) is 16.4 Å². The fourth-order valence-electron chi connectivity index (χ4n) is 2.13. The van der Waals surface area contributed by atoms with Gasteiger partial charge in [-0.1, -0.05) is 16.8 Å². The van der Waals surface area contributed by atoms with Gasteiger partial charge in [-0.3, -0.25) is 9.78 Å². The minimum absolute atomic E-state index is 0.119. The number of thiazole rings is 1. The van der Waals surface area contributed by atoms with Crippen molar-refractivity contribution < 1.29 is 22.8 Å². The molecule has 1 amide bonds. The summed E-state index contributed by atoms with van der Waals surface area (Å²) in [7, 11) is 0. The van der Waals surface area contributed by atoms with E-state index in [-0.39, 0.29) is 33.8 Å².